The summed E-state index contributed by atoms with van der Waals surface area (Å²) in [7, 11) is 0. The molecule has 0 aromatic rings. The summed E-state index contributed by atoms with van der Waals surface area (Å²) in [6.07, 6.45) is 1.25. The van der Waals surface area contributed by atoms with Gasteiger partial charge in [-0.15, -0.1) is 37.2 Å². The molecule has 0 spiro atoms. The maximum absolute atomic E-state index is 7.10. The third-order valence-corrected chi connectivity index (χ3v) is 0. The normalized spacial score (nSPS) is 1.17. The molecule has 0 bridgehead atoms. The molecule has 0 aliphatic rings. The van der Waals surface area contributed by atoms with Crippen molar-refractivity contribution in [3.05, 3.63) is 0 Å². The molecule has 0 unspecified atom stereocenters. The summed E-state index contributed by atoms with van der Waals surface area (Å²) in [5.74, 6) is 0. The fraction of sp³-hybridized carbons (Fsp3) is 0. The molecule has 2 N–H and O–H groups in total. The number of hydrogen-bond donors (Lipinski definition) is 1. The van der Waals surface area contributed by atoms with E-state index in [0.29, 0.717) is 0 Å². The summed E-state index contributed by atoms with van der Waals surface area (Å²) in [5, 5.41) is 7.10. The first-order chi connectivity index (χ1) is 1.41. The van der Waals surface area contributed by atoms with Crippen LogP contribution in [0.15, 0.2) is 0 Å². The van der Waals surface area contributed by atoms with E-state index >= 15 is 0 Å². The van der Waals surface area contributed by atoms with Crippen LogP contribution in [0, 0.1) is 11.5 Å². The van der Waals surface area contributed by atoms with Crippen LogP contribution in [0.2, 0.25) is 0 Å². The summed E-state index contributed by atoms with van der Waals surface area (Å²) < 4.78 is 0. The van der Waals surface area contributed by atoms with Crippen LogP contribution in [0.3, 0.4) is 0 Å². The average Bonchev–Trinajstić information content (AvgIpc) is 0.918. The van der Waals surface area contributed by atoms with Crippen molar-refractivity contribution in [1.82, 2.24) is 0 Å². The average molecular weight is 151 g/mol. The van der Waals surface area contributed by atoms with Crippen molar-refractivity contribution in [1.29, 1.82) is 5.26 Å². The molecule has 2 nitrogen and oxygen atoms in total. The Morgan fingerprint density at radius 2 is 1.17 bits per heavy atom. The highest BCUT2D eigenvalue weighted by atomic mass is 35.5. The number of halogens is 3. The molecule has 0 atom stereocenters. The molecule has 0 aromatic heterocycles. The van der Waals surface area contributed by atoms with Gasteiger partial charge in [0.1, 0.15) is 0 Å². The minimum absolute atomic E-state index is 0. The first-order valence-electron chi connectivity index (χ1n) is 0.512. The topological polar surface area (TPSA) is 49.8 Å². The lowest BCUT2D eigenvalue weighted by Gasteiger charge is -1.24. The molecule has 0 aliphatic carbocycles. The molecule has 0 saturated heterocycles. The minimum Gasteiger partial charge on any atom is -0.337 e. The molecule has 5 heteroatoms. The van der Waals surface area contributed by atoms with Gasteiger partial charge in [-0.25, -0.2) is 0 Å². The van der Waals surface area contributed by atoms with Crippen LogP contribution >= 0.6 is 37.2 Å². The van der Waals surface area contributed by atoms with E-state index in [-0.39, 0.29) is 37.2 Å². The Hall–Kier alpha value is 0.160. The molecule has 0 rings (SSSR count). The molecule has 0 radical (unpaired) electrons. The Morgan fingerprint density at radius 1 is 1.17 bits per heavy atom. The molecule has 0 fully saturated rings. The maximum atomic E-state index is 7.10. The van der Waals surface area contributed by atoms with Gasteiger partial charge < -0.3 is 5.73 Å². The molecular formula is CH5Cl3N2. The Kier molecular flexibility index (Phi) is 389. The van der Waals surface area contributed by atoms with E-state index in [9.17, 15) is 0 Å². The SMILES string of the molecule is Cl.Cl.Cl.N#CN. The predicted octanol–water partition coefficient (Wildman–Crippen LogP) is 0.692. The minimum atomic E-state index is 0. The standard InChI is InChI=1S/CH2N2.3ClH/c2-1-3;;;/h2H2;3*1H. The van der Waals surface area contributed by atoms with Crippen molar-refractivity contribution in [2.45, 2.75) is 0 Å². The number of nitriles is 1. The predicted molar refractivity (Wildman–Crippen MR) is 31.5 cm³/mol. The first kappa shape index (κ1) is 35.2. The van der Waals surface area contributed by atoms with Gasteiger partial charge in [0.2, 0.25) is 0 Å². The van der Waals surface area contributed by atoms with E-state index < -0.39 is 0 Å². The van der Waals surface area contributed by atoms with Gasteiger partial charge in [0.25, 0.3) is 0 Å². The van der Waals surface area contributed by atoms with Crippen molar-refractivity contribution in [3.63, 3.8) is 0 Å². The number of nitrogens with zero attached hydrogens (tertiary/aromatic N) is 1. The smallest absolute Gasteiger partial charge is 0.173 e. The zero-order valence-corrected chi connectivity index (χ0v) is 5.20. The van der Waals surface area contributed by atoms with Gasteiger partial charge in [0.15, 0.2) is 6.19 Å². The number of nitrogens with two attached hydrogens (primary N) is 1. The fourth-order valence-corrected chi connectivity index (χ4v) is 0. The Morgan fingerprint density at radius 3 is 1.17 bits per heavy atom. The van der Waals surface area contributed by atoms with Gasteiger partial charge in [-0.1, -0.05) is 0 Å². The summed E-state index contributed by atoms with van der Waals surface area (Å²) in [6, 6.07) is 0. The van der Waals surface area contributed by atoms with Crippen LogP contribution < -0.4 is 5.73 Å². The van der Waals surface area contributed by atoms with Crippen LogP contribution in [0.4, 0.5) is 0 Å². The second kappa shape index (κ2) is 66.4. The van der Waals surface area contributed by atoms with Gasteiger partial charge >= 0.3 is 0 Å². The van der Waals surface area contributed by atoms with E-state index in [1.54, 1.807) is 0 Å². The van der Waals surface area contributed by atoms with E-state index in [1.807, 2.05) is 0 Å². The molecule has 0 amide bonds. The lowest BCUT2D eigenvalue weighted by Crippen LogP contribution is -1.69. The Labute approximate surface area is 54.9 Å². The van der Waals surface area contributed by atoms with Crippen molar-refractivity contribution in [3.8, 4) is 6.19 Å². The summed E-state index contributed by atoms with van der Waals surface area (Å²) in [4.78, 5) is 0. The van der Waals surface area contributed by atoms with Crippen LogP contribution in [-0.2, 0) is 0 Å². The van der Waals surface area contributed by atoms with Crippen LogP contribution in [-0.4, -0.2) is 0 Å². The van der Waals surface area contributed by atoms with Crippen molar-refractivity contribution in [2.75, 3.05) is 0 Å². The highest BCUT2D eigenvalue weighted by molar-refractivity contribution is 5.86. The Bertz CT molecular complexity index is 30.3. The van der Waals surface area contributed by atoms with Gasteiger partial charge in [0.05, 0.1) is 0 Å². The molecule has 6 heavy (non-hydrogen) atoms. The van der Waals surface area contributed by atoms with E-state index in [0.717, 1.165) is 0 Å². The maximum Gasteiger partial charge on any atom is 0.173 e. The summed E-state index contributed by atoms with van der Waals surface area (Å²) >= 11 is 0. The zero-order valence-electron chi connectivity index (χ0n) is 2.75. The van der Waals surface area contributed by atoms with Crippen molar-refractivity contribution < 1.29 is 0 Å². The third-order valence-electron chi connectivity index (χ3n) is 0. The van der Waals surface area contributed by atoms with Gasteiger partial charge in [0, 0.05) is 0 Å². The molecule has 0 heterocycles. The van der Waals surface area contributed by atoms with Gasteiger partial charge in [-0.3, -0.25) is 0 Å². The van der Waals surface area contributed by atoms with E-state index in [1.165, 1.54) is 6.19 Å². The second-order valence-electron chi connectivity index (χ2n) is 0.129. The molecule has 0 aromatic carbocycles. The lowest BCUT2D eigenvalue weighted by molar-refractivity contribution is 1.45. The molecule has 0 aliphatic heterocycles. The molecular weight excluding hydrogens is 146 g/mol. The van der Waals surface area contributed by atoms with E-state index in [2.05, 4.69) is 5.73 Å². The molecule has 0 saturated carbocycles. The van der Waals surface area contributed by atoms with Crippen LogP contribution in [0.25, 0.3) is 0 Å². The van der Waals surface area contributed by atoms with Crippen molar-refractivity contribution in [2.24, 2.45) is 5.73 Å². The largest absolute Gasteiger partial charge is 0.337 e. The highest BCUT2D eigenvalue weighted by Crippen LogP contribution is 0.900. The summed E-state index contributed by atoms with van der Waals surface area (Å²) in [6.45, 7) is 0. The lowest BCUT2D eigenvalue weighted by atomic mass is 11.5. The zero-order chi connectivity index (χ0) is 2.71. The van der Waals surface area contributed by atoms with Crippen LogP contribution in [0.1, 0.15) is 0 Å². The van der Waals surface area contributed by atoms with Crippen LogP contribution in [0.5, 0.6) is 0 Å². The monoisotopic (exact) mass is 150 g/mol. The fourth-order valence-electron chi connectivity index (χ4n) is 0. The Balaban J connectivity index is -0.00000000667. The first-order valence-corrected chi connectivity index (χ1v) is 0.512. The second-order valence-corrected chi connectivity index (χ2v) is 0.129. The van der Waals surface area contributed by atoms with Gasteiger partial charge in [-0.05, 0) is 0 Å². The third kappa shape index (κ3) is 1620. The van der Waals surface area contributed by atoms with Gasteiger partial charge in [-0.2, -0.15) is 5.26 Å². The van der Waals surface area contributed by atoms with E-state index in [4.69, 9.17) is 5.26 Å². The molecule has 40 valence electrons. The number of rotatable bonds is 0. The quantitative estimate of drug-likeness (QED) is 0.409. The summed E-state index contributed by atoms with van der Waals surface area (Å²) in [5.41, 5.74) is 4.15. The van der Waals surface area contributed by atoms with Crippen molar-refractivity contribution >= 4 is 37.2 Å². The highest BCUT2D eigenvalue weighted by Gasteiger charge is 1.12. The number of hydrogen-bond acceptors (Lipinski definition) is 2.